The fourth-order valence-electron chi connectivity index (χ4n) is 3.42. The lowest BCUT2D eigenvalue weighted by Crippen LogP contribution is -2.24. The van der Waals surface area contributed by atoms with E-state index < -0.39 is 0 Å². The van der Waals surface area contributed by atoms with Crippen LogP contribution in [0.5, 0.6) is 5.75 Å². The van der Waals surface area contributed by atoms with Crippen molar-refractivity contribution in [3.63, 3.8) is 0 Å². The first-order valence-electron chi connectivity index (χ1n) is 9.51. The van der Waals surface area contributed by atoms with E-state index in [1.807, 2.05) is 25.1 Å². The number of carbonyl (C=O) groups is 1. The number of ether oxygens (including phenoxy) is 1. The summed E-state index contributed by atoms with van der Waals surface area (Å²) in [5.41, 5.74) is 3.98. The predicted molar refractivity (Wildman–Crippen MR) is 112 cm³/mol. The van der Waals surface area contributed by atoms with Gasteiger partial charge in [-0.15, -0.1) is 0 Å². The number of rotatable bonds is 6. The number of hydrogen-bond acceptors (Lipinski definition) is 3. The maximum atomic E-state index is 12.5. The van der Waals surface area contributed by atoms with Gasteiger partial charge in [0, 0.05) is 18.1 Å². The summed E-state index contributed by atoms with van der Waals surface area (Å²) in [4.78, 5) is 14.8. The van der Waals surface area contributed by atoms with Crippen molar-refractivity contribution in [2.24, 2.45) is 0 Å². The Balaban J connectivity index is 1.70. The number of halogens is 1. The minimum absolute atomic E-state index is 0.0326. The van der Waals surface area contributed by atoms with E-state index in [9.17, 15) is 4.79 Å². The number of anilines is 2. The number of nitrogens with one attached hydrogen (secondary N) is 1. The molecule has 27 heavy (non-hydrogen) atoms. The van der Waals surface area contributed by atoms with E-state index in [4.69, 9.17) is 16.3 Å². The van der Waals surface area contributed by atoms with E-state index in [1.165, 1.54) is 12.8 Å². The molecule has 2 aromatic carbocycles. The Morgan fingerprint density at radius 3 is 2.63 bits per heavy atom. The summed E-state index contributed by atoms with van der Waals surface area (Å²) in [6.07, 6.45) is 2.34. The van der Waals surface area contributed by atoms with E-state index in [-0.39, 0.29) is 12.5 Å². The molecule has 1 aliphatic heterocycles. The molecule has 1 amide bonds. The smallest absolute Gasteiger partial charge is 0.262 e. The standard InChI is InChI=1S/C22H27ClN2O2/c1-15(2)18-8-6-16(3)12-21(18)27-14-22(26)24-19-13-17(23)7-9-20(19)25-10-4-5-11-25/h6-9,12-13,15H,4-5,10-11,14H2,1-3H3,(H,24,26). The molecule has 0 aliphatic carbocycles. The van der Waals surface area contributed by atoms with Crippen molar-refractivity contribution in [2.45, 2.75) is 39.5 Å². The van der Waals surface area contributed by atoms with Gasteiger partial charge in [-0.25, -0.2) is 0 Å². The monoisotopic (exact) mass is 386 g/mol. The molecule has 1 heterocycles. The highest BCUT2D eigenvalue weighted by Gasteiger charge is 2.18. The van der Waals surface area contributed by atoms with E-state index in [0.717, 1.165) is 41.3 Å². The molecule has 0 unspecified atom stereocenters. The molecule has 144 valence electrons. The molecular weight excluding hydrogens is 360 g/mol. The summed E-state index contributed by atoms with van der Waals surface area (Å²) in [6.45, 7) is 8.22. The zero-order valence-corrected chi connectivity index (χ0v) is 17.0. The summed E-state index contributed by atoms with van der Waals surface area (Å²) in [6, 6.07) is 11.8. The molecule has 0 spiro atoms. The average molecular weight is 387 g/mol. The van der Waals surface area contributed by atoms with Crippen LogP contribution in [-0.4, -0.2) is 25.6 Å². The van der Waals surface area contributed by atoms with Gasteiger partial charge in [0.05, 0.1) is 11.4 Å². The maximum Gasteiger partial charge on any atom is 0.262 e. The summed E-state index contributed by atoms with van der Waals surface area (Å²) in [5.74, 6) is 0.915. The molecule has 3 rings (SSSR count). The molecule has 1 fully saturated rings. The lowest BCUT2D eigenvalue weighted by atomic mass is 10.0. The Labute approximate surface area is 166 Å². The highest BCUT2D eigenvalue weighted by atomic mass is 35.5. The molecule has 4 nitrogen and oxygen atoms in total. The van der Waals surface area contributed by atoms with Crippen LogP contribution in [0.1, 0.15) is 43.7 Å². The first-order valence-corrected chi connectivity index (χ1v) is 9.89. The van der Waals surface area contributed by atoms with Gasteiger partial charge in [0.25, 0.3) is 5.91 Å². The first kappa shape index (κ1) is 19.6. The SMILES string of the molecule is Cc1ccc(C(C)C)c(OCC(=O)Nc2cc(Cl)ccc2N2CCCC2)c1. The summed E-state index contributed by atoms with van der Waals surface area (Å²) in [5, 5.41) is 3.58. The normalized spacial score (nSPS) is 13.9. The van der Waals surface area contributed by atoms with Gasteiger partial charge in [-0.3, -0.25) is 4.79 Å². The summed E-state index contributed by atoms with van der Waals surface area (Å²) in [7, 11) is 0. The second-order valence-electron chi connectivity index (χ2n) is 7.39. The average Bonchev–Trinajstić information content (AvgIpc) is 3.14. The second-order valence-corrected chi connectivity index (χ2v) is 7.82. The number of hydrogen-bond donors (Lipinski definition) is 1. The van der Waals surface area contributed by atoms with Crippen molar-refractivity contribution >= 4 is 28.9 Å². The first-order chi connectivity index (χ1) is 12.9. The third-order valence-electron chi connectivity index (χ3n) is 4.83. The molecule has 1 aliphatic rings. The highest BCUT2D eigenvalue weighted by molar-refractivity contribution is 6.31. The van der Waals surface area contributed by atoms with Gasteiger partial charge in [-0.1, -0.05) is 37.6 Å². The number of benzene rings is 2. The molecule has 1 saturated heterocycles. The van der Waals surface area contributed by atoms with Gasteiger partial charge in [0.2, 0.25) is 0 Å². The Bertz CT molecular complexity index is 814. The van der Waals surface area contributed by atoms with Crippen molar-refractivity contribution in [3.05, 3.63) is 52.5 Å². The second kappa shape index (κ2) is 8.66. The van der Waals surface area contributed by atoms with Crippen LogP contribution in [0.2, 0.25) is 5.02 Å². The zero-order valence-electron chi connectivity index (χ0n) is 16.2. The van der Waals surface area contributed by atoms with Crippen molar-refractivity contribution in [1.29, 1.82) is 0 Å². The van der Waals surface area contributed by atoms with E-state index in [0.29, 0.717) is 10.9 Å². The largest absolute Gasteiger partial charge is 0.483 e. The highest BCUT2D eigenvalue weighted by Crippen LogP contribution is 2.32. The molecule has 0 atom stereocenters. The van der Waals surface area contributed by atoms with Crippen LogP contribution in [0.4, 0.5) is 11.4 Å². The van der Waals surface area contributed by atoms with Gasteiger partial charge in [0.15, 0.2) is 6.61 Å². The van der Waals surface area contributed by atoms with E-state index in [2.05, 4.69) is 36.2 Å². The lowest BCUT2D eigenvalue weighted by Gasteiger charge is -2.22. The van der Waals surface area contributed by atoms with Crippen LogP contribution in [0.15, 0.2) is 36.4 Å². The van der Waals surface area contributed by atoms with Gasteiger partial charge >= 0.3 is 0 Å². The van der Waals surface area contributed by atoms with Crippen molar-refractivity contribution in [3.8, 4) is 5.75 Å². The molecule has 0 bridgehead atoms. The van der Waals surface area contributed by atoms with E-state index in [1.54, 1.807) is 6.07 Å². The van der Waals surface area contributed by atoms with Crippen LogP contribution < -0.4 is 15.0 Å². The lowest BCUT2D eigenvalue weighted by molar-refractivity contribution is -0.118. The maximum absolute atomic E-state index is 12.5. The van der Waals surface area contributed by atoms with Crippen LogP contribution in [0.25, 0.3) is 0 Å². The fourth-order valence-corrected chi connectivity index (χ4v) is 3.59. The minimum Gasteiger partial charge on any atom is -0.483 e. The molecular formula is C22H27ClN2O2. The molecule has 0 saturated carbocycles. The summed E-state index contributed by atoms with van der Waals surface area (Å²) < 4.78 is 5.85. The molecule has 5 heteroatoms. The van der Waals surface area contributed by atoms with Gasteiger partial charge < -0.3 is 15.0 Å². The number of carbonyl (C=O) groups excluding carboxylic acids is 1. The number of amides is 1. The molecule has 0 aromatic heterocycles. The number of aryl methyl sites for hydroxylation is 1. The topological polar surface area (TPSA) is 41.6 Å². The van der Waals surface area contributed by atoms with Crippen LogP contribution in [0, 0.1) is 6.92 Å². The summed E-state index contributed by atoms with van der Waals surface area (Å²) >= 11 is 6.15. The van der Waals surface area contributed by atoms with Gasteiger partial charge in [-0.05, 0) is 61.1 Å². The van der Waals surface area contributed by atoms with Crippen LogP contribution >= 0.6 is 11.6 Å². The van der Waals surface area contributed by atoms with Crippen molar-refractivity contribution in [2.75, 3.05) is 29.9 Å². The van der Waals surface area contributed by atoms with Crippen molar-refractivity contribution < 1.29 is 9.53 Å². The quantitative estimate of drug-likeness (QED) is 0.723. The minimum atomic E-state index is -0.186. The fraction of sp³-hybridized carbons (Fsp3) is 0.409. The van der Waals surface area contributed by atoms with Crippen LogP contribution in [0.3, 0.4) is 0 Å². The molecule has 0 radical (unpaired) electrons. The Kier molecular flexibility index (Phi) is 6.27. The Hall–Kier alpha value is -2.20. The Morgan fingerprint density at radius 1 is 1.19 bits per heavy atom. The van der Waals surface area contributed by atoms with Gasteiger partial charge in [0.1, 0.15) is 5.75 Å². The Morgan fingerprint density at radius 2 is 1.93 bits per heavy atom. The van der Waals surface area contributed by atoms with Crippen LogP contribution in [-0.2, 0) is 4.79 Å². The zero-order chi connectivity index (χ0) is 19.4. The van der Waals surface area contributed by atoms with Crippen molar-refractivity contribution in [1.82, 2.24) is 0 Å². The third kappa shape index (κ3) is 4.95. The predicted octanol–water partition coefficient (Wildman–Crippen LogP) is 5.39. The third-order valence-corrected chi connectivity index (χ3v) is 5.06. The molecule has 2 aromatic rings. The van der Waals surface area contributed by atoms with Gasteiger partial charge in [-0.2, -0.15) is 0 Å². The molecule has 1 N–H and O–H groups in total. The van der Waals surface area contributed by atoms with E-state index >= 15 is 0 Å². The number of nitrogens with zero attached hydrogens (tertiary/aromatic N) is 1.